The summed E-state index contributed by atoms with van der Waals surface area (Å²) in [5.74, 6) is 1.18. The lowest BCUT2D eigenvalue weighted by atomic mass is 10.0. The molecule has 2 aromatic heterocycles. The van der Waals surface area contributed by atoms with Crippen LogP contribution in [0.3, 0.4) is 0 Å². The molecule has 182 valence electrons. The summed E-state index contributed by atoms with van der Waals surface area (Å²) in [5.41, 5.74) is 4.29. The van der Waals surface area contributed by atoms with Crippen molar-refractivity contribution in [2.24, 2.45) is 0 Å². The first-order chi connectivity index (χ1) is 16.9. The average molecular weight is 473 g/mol. The topological polar surface area (TPSA) is 77.6 Å². The molecule has 7 nitrogen and oxygen atoms in total. The molecule has 0 saturated heterocycles. The van der Waals surface area contributed by atoms with Gasteiger partial charge in [0.15, 0.2) is 0 Å². The molecule has 0 bridgehead atoms. The van der Waals surface area contributed by atoms with E-state index >= 15 is 0 Å². The predicted molar refractivity (Wildman–Crippen MR) is 138 cm³/mol. The Labute approximate surface area is 205 Å². The van der Waals surface area contributed by atoms with E-state index in [2.05, 4.69) is 43.3 Å². The van der Waals surface area contributed by atoms with Crippen LogP contribution >= 0.6 is 0 Å². The Morgan fingerprint density at radius 1 is 1.06 bits per heavy atom. The predicted octanol–water partition coefficient (Wildman–Crippen LogP) is 4.78. The minimum absolute atomic E-state index is 0.109. The zero-order valence-electron chi connectivity index (χ0n) is 20.5. The smallest absolute Gasteiger partial charge is 0.276 e. The molecule has 0 fully saturated rings. The molecule has 1 N–H and O–H groups in total. The van der Waals surface area contributed by atoms with Crippen molar-refractivity contribution in [1.29, 1.82) is 0 Å². The molecule has 0 unspecified atom stereocenters. The highest BCUT2D eigenvalue weighted by Gasteiger charge is 2.11. The highest BCUT2D eigenvalue weighted by molar-refractivity contribution is 5.75. The van der Waals surface area contributed by atoms with E-state index in [9.17, 15) is 9.59 Å². The summed E-state index contributed by atoms with van der Waals surface area (Å²) in [6.07, 6.45) is 4.60. The van der Waals surface area contributed by atoms with Crippen molar-refractivity contribution in [1.82, 2.24) is 19.5 Å². The van der Waals surface area contributed by atoms with E-state index < -0.39 is 0 Å². The van der Waals surface area contributed by atoms with Crippen molar-refractivity contribution in [2.75, 3.05) is 6.61 Å². The van der Waals surface area contributed by atoms with Crippen molar-refractivity contribution >= 4 is 11.4 Å². The number of nitrogens with one attached hydrogen (secondary N) is 1. The first-order valence-corrected chi connectivity index (χ1v) is 12.1. The Bertz CT molecular complexity index is 1340. The maximum absolute atomic E-state index is 13.0. The molecular formula is C28H32N4O3. The number of rotatable bonds is 10. The molecule has 0 saturated carbocycles. The van der Waals surface area contributed by atoms with Crippen LogP contribution in [0.4, 0.5) is 0 Å². The molecule has 2 heterocycles. The number of aryl methyl sites for hydroxylation is 1. The summed E-state index contributed by atoms with van der Waals surface area (Å²) in [6.45, 7) is 7.80. The number of carbonyl (C=O) groups excluding carboxylic acids is 1. The second-order valence-corrected chi connectivity index (χ2v) is 8.95. The van der Waals surface area contributed by atoms with Gasteiger partial charge in [-0.25, -0.2) is 4.52 Å². The standard InChI is InChI=1S/C28H32N4O3/c1-4-17-35-24-11-5-21(6-12-24)19-29-27(33)13-14-31-15-16-32-26(28(31)34)18-25(30-32)23-9-7-22(8-10-23)20(2)3/h5-12,15-16,18,20H,4,13-14,17,19H2,1-3H3,(H,29,33). The second-order valence-electron chi connectivity index (χ2n) is 8.95. The van der Waals surface area contributed by atoms with E-state index in [4.69, 9.17) is 4.74 Å². The van der Waals surface area contributed by atoms with Gasteiger partial charge in [-0.1, -0.05) is 57.2 Å². The lowest BCUT2D eigenvalue weighted by Gasteiger charge is -2.09. The summed E-state index contributed by atoms with van der Waals surface area (Å²) in [5, 5.41) is 7.47. The Hall–Kier alpha value is -3.87. The minimum atomic E-state index is -0.166. The lowest BCUT2D eigenvalue weighted by Crippen LogP contribution is -2.27. The van der Waals surface area contributed by atoms with Crippen LogP contribution in [0.2, 0.25) is 0 Å². The van der Waals surface area contributed by atoms with Crippen LogP contribution in [-0.2, 0) is 17.9 Å². The molecule has 1 amide bonds. The maximum atomic E-state index is 13.0. The van der Waals surface area contributed by atoms with Gasteiger partial charge in [0.05, 0.1) is 12.3 Å². The Balaban J connectivity index is 1.36. The summed E-state index contributed by atoms with van der Waals surface area (Å²) in [6, 6.07) is 17.8. The molecule has 0 aliphatic rings. The van der Waals surface area contributed by atoms with Crippen LogP contribution in [0.15, 0.2) is 71.8 Å². The van der Waals surface area contributed by atoms with Crippen LogP contribution in [0, 0.1) is 0 Å². The molecule has 0 aliphatic carbocycles. The molecule has 0 aliphatic heterocycles. The number of benzene rings is 2. The normalized spacial score (nSPS) is 11.2. The number of hydrogen-bond acceptors (Lipinski definition) is 4. The molecule has 4 aromatic rings. The molecule has 35 heavy (non-hydrogen) atoms. The minimum Gasteiger partial charge on any atom is -0.494 e. The van der Waals surface area contributed by atoms with Crippen LogP contribution in [0.5, 0.6) is 5.75 Å². The number of aromatic nitrogens is 3. The molecule has 0 atom stereocenters. The van der Waals surface area contributed by atoms with Gasteiger partial charge in [-0.2, -0.15) is 5.10 Å². The van der Waals surface area contributed by atoms with Crippen molar-refractivity contribution in [3.05, 3.63) is 88.5 Å². The van der Waals surface area contributed by atoms with Gasteiger partial charge in [-0.05, 0) is 41.7 Å². The molecule has 7 heteroatoms. The van der Waals surface area contributed by atoms with Gasteiger partial charge in [0.1, 0.15) is 11.3 Å². The summed E-state index contributed by atoms with van der Waals surface area (Å²) in [7, 11) is 0. The monoisotopic (exact) mass is 472 g/mol. The van der Waals surface area contributed by atoms with Gasteiger partial charge in [0.25, 0.3) is 5.56 Å². The third kappa shape index (κ3) is 5.98. The van der Waals surface area contributed by atoms with Gasteiger partial charge < -0.3 is 14.6 Å². The molecule has 2 aromatic carbocycles. The van der Waals surface area contributed by atoms with Crippen LogP contribution in [0.25, 0.3) is 16.8 Å². The molecule has 0 spiro atoms. The summed E-state index contributed by atoms with van der Waals surface area (Å²) in [4.78, 5) is 25.3. The van der Waals surface area contributed by atoms with E-state index in [1.165, 1.54) is 5.56 Å². The van der Waals surface area contributed by atoms with E-state index in [-0.39, 0.29) is 17.9 Å². The van der Waals surface area contributed by atoms with Gasteiger partial charge >= 0.3 is 0 Å². The SMILES string of the molecule is CCCOc1ccc(CNC(=O)CCn2ccn3nc(-c4ccc(C(C)C)cc4)cc3c2=O)cc1. The van der Waals surface area contributed by atoms with Gasteiger partial charge in [0.2, 0.25) is 5.91 Å². The first kappa shape index (κ1) is 24.3. The number of hydrogen-bond donors (Lipinski definition) is 1. The fourth-order valence-electron chi connectivity index (χ4n) is 3.82. The second kappa shape index (κ2) is 11.0. The molecule has 4 rings (SSSR count). The Kier molecular flexibility index (Phi) is 7.65. The number of ether oxygens (including phenoxy) is 1. The third-order valence-electron chi connectivity index (χ3n) is 5.94. The lowest BCUT2D eigenvalue weighted by molar-refractivity contribution is -0.121. The zero-order valence-corrected chi connectivity index (χ0v) is 20.5. The zero-order chi connectivity index (χ0) is 24.8. The Morgan fingerprint density at radius 2 is 1.80 bits per heavy atom. The summed E-state index contributed by atoms with van der Waals surface area (Å²) < 4.78 is 8.73. The highest BCUT2D eigenvalue weighted by Crippen LogP contribution is 2.22. The average Bonchev–Trinajstić information content (AvgIpc) is 3.32. The van der Waals surface area contributed by atoms with Crippen molar-refractivity contribution in [3.63, 3.8) is 0 Å². The van der Waals surface area contributed by atoms with Crippen molar-refractivity contribution in [2.45, 2.75) is 52.6 Å². The van der Waals surface area contributed by atoms with E-state index in [0.717, 1.165) is 29.0 Å². The molecule has 0 radical (unpaired) electrons. The van der Waals surface area contributed by atoms with E-state index in [0.29, 0.717) is 31.1 Å². The highest BCUT2D eigenvalue weighted by atomic mass is 16.5. The van der Waals surface area contributed by atoms with E-state index in [1.807, 2.05) is 36.4 Å². The van der Waals surface area contributed by atoms with Crippen LogP contribution in [-0.4, -0.2) is 26.7 Å². The Morgan fingerprint density at radius 3 is 2.49 bits per heavy atom. The first-order valence-electron chi connectivity index (χ1n) is 12.1. The number of nitrogens with zero attached hydrogens (tertiary/aromatic N) is 3. The largest absolute Gasteiger partial charge is 0.494 e. The van der Waals surface area contributed by atoms with Gasteiger partial charge in [-0.3, -0.25) is 9.59 Å². The maximum Gasteiger partial charge on any atom is 0.276 e. The third-order valence-corrected chi connectivity index (χ3v) is 5.94. The summed E-state index contributed by atoms with van der Waals surface area (Å²) >= 11 is 0. The van der Waals surface area contributed by atoms with E-state index in [1.54, 1.807) is 27.5 Å². The van der Waals surface area contributed by atoms with Crippen LogP contribution < -0.4 is 15.6 Å². The van der Waals surface area contributed by atoms with Crippen molar-refractivity contribution < 1.29 is 9.53 Å². The van der Waals surface area contributed by atoms with Crippen LogP contribution in [0.1, 0.15) is 50.7 Å². The molecular weight excluding hydrogens is 440 g/mol. The number of fused-ring (bicyclic) bond motifs is 1. The van der Waals surface area contributed by atoms with Gasteiger partial charge in [0, 0.05) is 37.5 Å². The fraction of sp³-hybridized carbons (Fsp3) is 0.321. The number of carbonyl (C=O) groups is 1. The van der Waals surface area contributed by atoms with Gasteiger partial charge in [-0.15, -0.1) is 0 Å². The quantitative estimate of drug-likeness (QED) is 0.360. The number of amides is 1. The fourth-order valence-corrected chi connectivity index (χ4v) is 3.82. The van der Waals surface area contributed by atoms with Crippen molar-refractivity contribution in [3.8, 4) is 17.0 Å².